The largest absolute Gasteiger partial charge is 0.508 e. The number of benzene rings is 3. The van der Waals surface area contributed by atoms with E-state index >= 15 is 0 Å². The van der Waals surface area contributed by atoms with Gasteiger partial charge in [-0.15, -0.1) is 0 Å². The van der Waals surface area contributed by atoms with Gasteiger partial charge in [0.05, 0.1) is 0 Å². The second-order valence-electron chi connectivity index (χ2n) is 16.5. The fourth-order valence-corrected chi connectivity index (χ4v) is 10.8. The molecule has 1 amide bonds. The Labute approximate surface area is 298 Å². The lowest BCUT2D eigenvalue weighted by molar-refractivity contribution is 0.0674. The molecule has 7 nitrogen and oxygen atoms in total. The monoisotopic (exact) mass is 673 g/mol. The van der Waals surface area contributed by atoms with Crippen LogP contribution in [0.4, 0.5) is 11.4 Å². The zero-order valence-electron chi connectivity index (χ0n) is 29.8. The molecule has 1 spiro atoms. The number of nitrogens with one attached hydrogen (secondary N) is 1. The number of phenols is 1. The minimum Gasteiger partial charge on any atom is -0.508 e. The second-order valence-corrected chi connectivity index (χ2v) is 16.5. The molecule has 3 aromatic carbocycles. The number of aryl methyl sites for hydroxylation is 1. The molecule has 1 saturated carbocycles. The van der Waals surface area contributed by atoms with E-state index in [4.69, 9.17) is 0 Å². The highest BCUT2D eigenvalue weighted by atomic mass is 16.3. The van der Waals surface area contributed by atoms with E-state index in [9.17, 15) is 9.90 Å². The SMILES string of the molecule is O=C1c2ccc(N3CCN(CC4CCN(c5ccc([C@H]6c7ccc(O)cc7CCC67CCCC7)cc5)CC4)CC3)cc2CN1C1CCCNC1. The third-order valence-electron chi connectivity index (χ3n) is 13.6. The summed E-state index contributed by atoms with van der Waals surface area (Å²) in [5.74, 6) is 1.83. The van der Waals surface area contributed by atoms with Crippen molar-refractivity contribution in [1.82, 2.24) is 15.1 Å². The Morgan fingerprint density at radius 3 is 2.28 bits per heavy atom. The minimum atomic E-state index is 0.221. The number of rotatable bonds is 6. The highest BCUT2D eigenvalue weighted by Gasteiger charge is 2.45. The van der Waals surface area contributed by atoms with Crippen LogP contribution in [0.25, 0.3) is 0 Å². The number of carbonyl (C=O) groups excluding carboxylic acids is 1. The lowest BCUT2D eigenvalue weighted by Gasteiger charge is -2.43. The van der Waals surface area contributed by atoms with Gasteiger partial charge in [-0.3, -0.25) is 9.69 Å². The first kappa shape index (κ1) is 32.4. The highest BCUT2D eigenvalue weighted by Crippen LogP contribution is 2.58. The van der Waals surface area contributed by atoms with Gasteiger partial charge < -0.3 is 25.1 Å². The van der Waals surface area contributed by atoms with E-state index in [0.29, 0.717) is 23.1 Å². The summed E-state index contributed by atoms with van der Waals surface area (Å²) in [5, 5.41) is 13.7. The third-order valence-corrected chi connectivity index (χ3v) is 13.6. The molecular formula is C43H55N5O2. The summed E-state index contributed by atoms with van der Waals surface area (Å²) < 4.78 is 0. The number of piperazine rings is 1. The summed E-state index contributed by atoms with van der Waals surface area (Å²) in [5.41, 5.74) is 9.42. The van der Waals surface area contributed by atoms with Gasteiger partial charge in [-0.1, -0.05) is 31.0 Å². The number of phenolic OH excluding ortho intramolecular Hbond substituents is 1. The van der Waals surface area contributed by atoms with Crippen LogP contribution in [0.1, 0.15) is 96.3 Å². The molecule has 1 unspecified atom stereocenters. The van der Waals surface area contributed by atoms with Gasteiger partial charge in [0.2, 0.25) is 0 Å². The van der Waals surface area contributed by atoms with Crippen molar-refractivity contribution in [1.29, 1.82) is 0 Å². The number of hydrogen-bond donors (Lipinski definition) is 2. The normalized spacial score (nSPS) is 25.7. The maximum atomic E-state index is 13.1. The molecule has 9 rings (SSSR count). The van der Waals surface area contributed by atoms with Gasteiger partial charge in [-0.2, -0.15) is 0 Å². The van der Waals surface area contributed by atoms with Gasteiger partial charge in [-0.05, 0) is 134 Å². The van der Waals surface area contributed by atoms with Gasteiger partial charge >= 0.3 is 0 Å². The molecular weight excluding hydrogens is 619 g/mol. The zero-order chi connectivity index (χ0) is 33.7. The van der Waals surface area contributed by atoms with Gasteiger partial charge in [-0.25, -0.2) is 0 Å². The molecule has 4 fully saturated rings. The number of hydrogen-bond acceptors (Lipinski definition) is 6. The van der Waals surface area contributed by atoms with Crippen LogP contribution in [0.2, 0.25) is 0 Å². The average molecular weight is 674 g/mol. The number of amides is 1. The van der Waals surface area contributed by atoms with Crippen LogP contribution >= 0.6 is 0 Å². The number of piperidine rings is 2. The number of nitrogens with zero attached hydrogens (tertiary/aromatic N) is 4. The van der Waals surface area contributed by atoms with Gasteiger partial charge in [0.15, 0.2) is 0 Å². The molecule has 0 radical (unpaired) electrons. The van der Waals surface area contributed by atoms with Crippen molar-refractivity contribution in [3.8, 4) is 5.75 Å². The van der Waals surface area contributed by atoms with E-state index in [-0.39, 0.29) is 5.91 Å². The number of carbonyl (C=O) groups is 1. The third kappa shape index (κ3) is 6.08. The predicted octanol–water partition coefficient (Wildman–Crippen LogP) is 6.78. The summed E-state index contributed by atoms with van der Waals surface area (Å²) >= 11 is 0. The van der Waals surface area contributed by atoms with E-state index < -0.39 is 0 Å². The Bertz CT molecular complexity index is 1680. The van der Waals surface area contributed by atoms with Crippen LogP contribution in [-0.2, 0) is 13.0 Å². The first-order chi connectivity index (χ1) is 24.5. The molecule has 2 N–H and O–H groups in total. The molecule has 0 aromatic heterocycles. The van der Waals surface area contributed by atoms with Gasteiger partial charge in [0.25, 0.3) is 5.91 Å². The van der Waals surface area contributed by atoms with E-state index in [2.05, 4.69) is 73.4 Å². The molecule has 7 heteroatoms. The summed E-state index contributed by atoms with van der Waals surface area (Å²) in [6, 6.07) is 22.7. The van der Waals surface area contributed by atoms with Crippen molar-refractivity contribution >= 4 is 17.3 Å². The van der Waals surface area contributed by atoms with E-state index in [1.807, 2.05) is 12.1 Å². The highest BCUT2D eigenvalue weighted by molar-refractivity contribution is 5.99. The van der Waals surface area contributed by atoms with Crippen molar-refractivity contribution < 1.29 is 9.90 Å². The molecule has 0 bridgehead atoms. The molecule has 2 aliphatic carbocycles. The maximum absolute atomic E-state index is 13.1. The van der Waals surface area contributed by atoms with E-state index in [1.165, 1.54) is 85.1 Å². The number of fused-ring (bicyclic) bond motifs is 2. The molecule has 264 valence electrons. The second kappa shape index (κ2) is 13.5. The Morgan fingerprint density at radius 1 is 0.760 bits per heavy atom. The van der Waals surface area contributed by atoms with Gasteiger partial charge in [0, 0.05) is 87.8 Å². The summed E-state index contributed by atoms with van der Waals surface area (Å²) in [6.07, 6.45) is 12.5. The predicted molar refractivity (Wildman–Crippen MR) is 201 cm³/mol. The Kier molecular flexibility index (Phi) is 8.76. The van der Waals surface area contributed by atoms with Crippen molar-refractivity contribution in [2.75, 3.05) is 68.7 Å². The fraction of sp³-hybridized carbons (Fsp3) is 0.558. The van der Waals surface area contributed by atoms with Crippen LogP contribution in [0.5, 0.6) is 5.75 Å². The van der Waals surface area contributed by atoms with Crippen LogP contribution in [0.15, 0.2) is 60.7 Å². The van der Waals surface area contributed by atoms with Crippen molar-refractivity contribution in [2.45, 2.75) is 82.7 Å². The van der Waals surface area contributed by atoms with E-state index in [1.54, 1.807) is 0 Å². The first-order valence-electron chi connectivity index (χ1n) is 19.8. The standard InChI is InChI=1S/C43H55N5O2/c49-38-10-12-39-33(27-38)13-18-43(16-1-2-17-43)41(39)32-5-7-35(8-6-32)46-20-14-31(15-21-46)29-45-22-24-47(25-23-45)36-9-11-40-34(26-36)30-48(42(40)50)37-4-3-19-44-28-37/h5-12,26-27,31,37,41,44,49H,1-4,13-25,28-30H2/t37?,41-/m0/s1. The van der Waals surface area contributed by atoms with Crippen LogP contribution in [-0.4, -0.2) is 85.8 Å². The fourth-order valence-electron chi connectivity index (χ4n) is 10.8. The van der Waals surface area contributed by atoms with Crippen molar-refractivity contribution in [2.24, 2.45) is 11.3 Å². The summed E-state index contributed by atoms with van der Waals surface area (Å²) in [4.78, 5) is 23.1. The molecule has 6 aliphatic rings. The van der Waals surface area contributed by atoms with Crippen LogP contribution in [0, 0.1) is 11.3 Å². The molecule has 50 heavy (non-hydrogen) atoms. The van der Waals surface area contributed by atoms with Crippen LogP contribution < -0.4 is 15.1 Å². The molecule has 4 aliphatic heterocycles. The number of anilines is 2. The quantitative estimate of drug-likeness (QED) is 0.301. The topological polar surface area (TPSA) is 62.3 Å². The summed E-state index contributed by atoms with van der Waals surface area (Å²) in [7, 11) is 0. The zero-order valence-corrected chi connectivity index (χ0v) is 29.8. The molecule has 3 aromatic rings. The van der Waals surface area contributed by atoms with Gasteiger partial charge in [0.1, 0.15) is 5.75 Å². The maximum Gasteiger partial charge on any atom is 0.254 e. The Morgan fingerprint density at radius 2 is 1.52 bits per heavy atom. The molecule has 4 heterocycles. The smallest absolute Gasteiger partial charge is 0.254 e. The lowest BCUT2D eigenvalue weighted by Crippen LogP contribution is -2.49. The van der Waals surface area contributed by atoms with Crippen LogP contribution in [0.3, 0.4) is 0 Å². The van der Waals surface area contributed by atoms with Crippen molar-refractivity contribution in [3.63, 3.8) is 0 Å². The molecule has 3 saturated heterocycles. The minimum absolute atomic E-state index is 0.221. The summed E-state index contributed by atoms with van der Waals surface area (Å²) in [6.45, 7) is 10.6. The van der Waals surface area contributed by atoms with E-state index in [0.717, 1.165) is 89.6 Å². The Hall–Kier alpha value is -3.55. The lowest BCUT2D eigenvalue weighted by atomic mass is 9.60. The number of aromatic hydroxyl groups is 1. The molecule has 2 atom stereocenters. The first-order valence-corrected chi connectivity index (χ1v) is 19.8. The average Bonchev–Trinajstić information content (AvgIpc) is 3.77. The Balaban J connectivity index is 0.776. The van der Waals surface area contributed by atoms with Crippen molar-refractivity contribution in [3.05, 3.63) is 88.5 Å².